The van der Waals surface area contributed by atoms with Crippen LogP contribution in [0.3, 0.4) is 0 Å². The van der Waals surface area contributed by atoms with Gasteiger partial charge in [-0.1, -0.05) is 6.04 Å². The van der Waals surface area contributed by atoms with Crippen LogP contribution >= 0.6 is 0 Å². The normalized spacial score (nSPS) is 18.0. The van der Waals surface area contributed by atoms with Crippen molar-refractivity contribution in [2.24, 2.45) is 5.73 Å². The maximum Gasteiger partial charge on any atom is 0.322 e. The number of methoxy groups -OCH3 is 1. The molecule has 0 amide bonds. The highest BCUT2D eigenvalue weighted by atomic mass is 16.5. The van der Waals surface area contributed by atoms with Crippen molar-refractivity contribution < 1.29 is 25.2 Å². The Kier molecular flexibility index (Phi) is 2.07. The Labute approximate surface area is 92.7 Å². The molecule has 4 N–H and O–H groups in total. The number of phenols is 2. The molecule has 1 atom stereocenters. The van der Waals surface area contributed by atoms with E-state index in [-0.39, 0.29) is 5.56 Å². The molecule has 0 radical (unpaired) electrons. The first-order valence-corrected chi connectivity index (χ1v) is 4.01. The molecule has 1 aromatic carbocycles. The van der Waals surface area contributed by atoms with E-state index in [1.165, 1.54) is 0 Å². The highest BCUT2D eigenvalue weighted by molar-refractivity contribution is 5.75. The monoisotopic (exact) mass is 215 g/mol. The Morgan fingerprint density at radius 1 is 1.67 bits per heavy atom. The fourth-order valence-corrected chi connectivity index (χ4v) is 0.909. The molecule has 0 aliphatic rings. The first kappa shape index (κ1) is 6.68. The van der Waals surface area contributed by atoms with Gasteiger partial charge in [0.25, 0.3) is 0 Å². The summed E-state index contributed by atoms with van der Waals surface area (Å²) in [6.45, 7) is 0. The number of rotatable bonds is 3. The molecular formula is C10H13NO4. The van der Waals surface area contributed by atoms with Gasteiger partial charge in [-0.2, -0.15) is 0 Å². The van der Waals surface area contributed by atoms with Gasteiger partial charge in [0, 0.05) is 0 Å². The minimum atomic E-state index is -2.25. The lowest BCUT2D eigenvalue weighted by molar-refractivity contribution is -0.142. The molecule has 0 bridgehead atoms. The summed E-state index contributed by atoms with van der Waals surface area (Å²) in [4.78, 5) is 11.3. The average molecular weight is 215 g/mol. The Hall–Kier alpha value is -1.75. The standard InChI is InChI=1S/C10H13NO4/c1-15-10(14)7(11)4-6-2-3-8(12)9(13)5-6/h2-3,5,7,12-13H,4,11H2,1H3/i2D,3D,5D,7D. The van der Waals surface area contributed by atoms with E-state index >= 15 is 0 Å². The van der Waals surface area contributed by atoms with Gasteiger partial charge in [-0.05, 0) is 24.1 Å². The van der Waals surface area contributed by atoms with Crippen LogP contribution in [0, 0.1) is 0 Å². The molecule has 0 aliphatic carbocycles. The maximum atomic E-state index is 11.3. The lowest BCUT2D eigenvalue weighted by Crippen LogP contribution is -2.33. The Morgan fingerprint density at radius 2 is 2.33 bits per heavy atom. The zero-order chi connectivity index (χ0) is 15.0. The maximum absolute atomic E-state index is 11.3. The van der Waals surface area contributed by atoms with Gasteiger partial charge >= 0.3 is 5.97 Å². The molecule has 0 spiro atoms. The third-order valence-corrected chi connectivity index (χ3v) is 1.64. The van der Waals surface area contributed by atoms with Crippen LogP contribution < -0.4 is 5.73 Å². The number of carbonyl (C=O) groups excluding carboxylic acids is 1. The van der Waals surface area contributed by atoms with Crippen LogP contribution in [0.25, 0.3) is 0 Å². The van der Waals surface area contributed by atoms with Gasteiger partial charge in [0.05, 0.1) is 12.6 Å². The first-order valence-electron chi connectivity index (χ1n) is 6.01. The van der Waals surface area contributed by atoms with Crippen molar-refractivity contribution in [3.63, 3.8) is 0 Å². The molecule has 82 valence electrons. The Bertz CT molecular complexity index is 504. The number of esters is 1. The fraction of sp³-hybridized carbons (Fsp3) is 0.300. The van der Waals surface area contributed by atoms with Crippen molar-refractivity contribution in [2.75, 3.05) is 7.11 Å². The number of benzene rings is 1. The average Bonchev–Trinajstić information content (AvgIpc) is 2.38. The Balaban J connectivity index is 3.34. The minimum Gasteiger partial charge on any atom is -0.504 e. The van der Waals surface area contributed by atoms with E-state index in [1.807, 2.05) is 0 Å². The summed E-state index contributed by atoms with van der Waals surface area (Å²) >= 11 is 0. The second-order valence-electron chi connectivity index (χ2n) is 2.74. The molecule has 1 unspecified atom stereocenters. The van der Waals surface area contributed by atoms with Gasteiger partial charge in [0.2, 0.25) is 0 Å². The molecule has 0 saturated carbocycles. The molecule has 0 aliphatic heterocycles. The van der Waals surface area contributed by atoms with Crippen LogP contribution in [0.5, 0.6) is 11.5 Å². The van der Waals surface area contributed by atoms with E-state index in [0.29, 0.717) is 0 Å². The summed E-state index contributed by atoms with van der Waals surface area (Å²) < 4.78 is 34.4. The summed E-state index contributed by atoms with van der Waals surface area (Å²) in [5.74, 6) is -2.87. The number of hydrogen-bond acceptors (Lipinski definition) is 5. The van der Waals surface area contributed by atoms with E-state index in [0.717, 1.165) is 7.11 Å². The van der Waals surface area contributed by atoms with Crippen molar-refractivity contribution in [1.82, 2.24) is 0 Å². The Morgan fingerprint density at radius 3 is 2.93 bits per heavy atom. The molecule has 5 nitrogen and oxygen atoms in total. The molecule has 15 heavy (non-hydrogen) atoms. The van der Waals surface area contributed by atoms with E-state index in [4.69, 9.17) is 11.2 Å². The summed E-state index contributed by atoms with van der Waals surface area (Å²) in [7, 11) is 1.03. The van der Waals surface area contributed by atoms with Crippen LogP contribution in [-0.2, 0) is 16.0 Å². The smallest absolute Gasteiger partial charge is 0.322 e. The summed E-state index contributed by atoms with van der Waals surface area (Å²) in [6, 6.07) is -4.18. The summed E-state index contributed by atoms with van der Waals surface area (Å²) in [5.41, 5.74) is 5.11. The topological polar surface area (TPSA) is 92.8 Å². The van der Waals surface area contributed by atoms with Crippen LogP contribution in [0.15, 0.2) is 18.1 Å². The van der Waals surface area contributed by atoms with Crippen LogP contribution in [0.4, 0.5) is 0 Å². The van der Waals surface area contributed by atoms with Crippen molar-refractivity contribution in [1.29, 1.82) is 0 Å². The van der Waals surface area contributed by atoms with Gasteiger partial charge in [-0.3, -0.25) is 4.79 Å². The van der Waals surface area contributed by atoms with Gasteiger partial charge in [-0.15, -0.1) is 0 Å². The number of hydrogen-bond donors (Lipinski definition) is 3. The van der Waals surface area contributed by atoms with Crippen LogP contribution in [0.2, 0.25) is 0 Å². The number of phenolic OH excluding ortho intramolecular Hbond substituents is 2. The number of nitrogens with two attached hydrogens (primary N) is 1. The zero-order valence-corrected chi connectivity index (χ0v) is 8.00. The number of ether oxygens (including phenoxy) is 1. The third-order valence-electron chi connectivity index (χ3n) is 1.64. The third kappa shape index (κ3) is 2.85. The SMILES string of the molecule is [2H]c1c([2H])c(CC([2H])(N)C(=O)OC)c([2H])c(O)c1O. The molecule has 1 rings (SSSR count). The molecule has 0 saturated heterocycles. The quantitative estimate of drug-likeness (QED) is 0.492. The van der Waals surface area contributed by atoms with E-state index in [2.05, 4.69) is 4.74 Å². The van der Waals surface area contributed by atoms with E-state index in [9.17, 15) is 15.0 Å². The molecule has 0 heterocycles. The van der Waals surface area contributed by atoms with Crippen LogP contribution in [-0.4, -0.2) is 29.3 Å². The lowest BCUT2D eigenvalue weighted by atomic mass is 10.1. The first-order chi connectivity index (χ1) is 8.63. The molecule has 1 aromatic rings. The zero-order valence-electron chi connectivity index (χ0n) is 12.0. The van der Waals surface area contributed by atoms with Crippen molar-refractivity contribution >= 4 is 5.97 Å². The highest BCUT2D eigenvalue weighted by Gasteiger charge is 2.14. The predicted molar refractivity (Wildman–Crippen MR) is 53.5 cm³/mol. The van der Waals surface area contributed by atoms with Gasteiger partial charge in [-0.25, -0.2) is 0 Å². The molecule has 5 heteroatoms. The molecule has 0 fully saturated rings. The van der Waals surface area contributed by atoms with Gasteiger partial charge < -0.3 is 20.7 Å². The van der Waals surface area contributed by atoms with Crippen molar-refractivity contribution in [3.05, 3.63) is 23.7 Å². The van der Waals surface area contributed by atoms with Gasteiger partial charge in [0.15, 0.2) is 11.5 Å². The summed E-state index contributed by atoms with van der Waals surface area (Å²) in [5, 5.41) is 18.7. The fourth-order valence-electron chi connectivity index (χ4n) is 0.909. The van der Waals surface area contributed by atoms with E-state index in [1.54, 1.807) is 0 Å². The van der Waals surface area contributed by atoms with E-state index < -0.39 is 48.0 Å². The van der Waals surface area contributed by atoms with Crippen LogP contribution in [0.1, 0.15) is 11.0 Å². The van der Waals surface area contributed by atoms with Crippen molar-refractivity contribution in [2.45, 2.75) is 12.4 Å². The predicted octanol–water partition coefficient (Wildman–Crippen LogP) is 0.141. The lowest BCUT2D eigenvalue weighted by Gasteiger charge is -2.09. The van der Waals surface area contributed by atoms with Crippen molar-refractivity contribution in [3.8, 4) is 11.5 Å². The highest BCUT2D eigenvalue weighted by Crippen LogP contribution is 2.25. The second kappa shape index (κ2) is 4.65. The number of carbonyl (C=O) groups is 1. The molecule has 0 aromatic heterocycles. The van der Waals surface area contributed by atoms with Gasteiger partial charge in [0.1, 0.15) is 6.02 Å². The largest absolute Gasteiger partial charge is 0.504 e. The minimum absolute atomic E-state index is 0.289. The number of aromatic hydroxyl groups is 2. The summed E-state index contributed by atoms with van der Waals surface area (Å²) in [6.07, 6.45) is -0.600. The second-order valence-corrected chi connectivity index (χ2v) is 2.74. The molecular weight excluding hydrogens is 198 g/mol.